The third-order valence-corrected chi connectivity index (χ3v) is 4.14. The number of nitrogens with zero attached hydrogens (tertiary/aromatic N) is 1. The van der Waals surface area contributed by atoms with E-state index >= 15 is 0 Å². The topological polar surface area (TPSA) is 53.5 Å². The smallest absolute Gasteiger partial charge is 0.178 e. The fraction of sp³-hybridized carbons (Fsp3) is 0. The van der Waals surface area contributed by atoms with Crippen LogP contribution in [0.2, 0.25) is 0 Å². The lowest BCUT2D eigenvalue weighted by atomic mass is 10.1. The molecule has 136 valence electrons. The standard InChI is InChI=1S/C24H19N3O/c28-24-13-11-20(12-14-24)27-23-16-21(25-18-7-3-1-4-8-18)15-22(17-23)26-19-9-5-2-6-10-19/h1-17,25-26H. The van der Waals surface area contributed by atoms with Crippen LogP contribution in [0.1, 0.15) is 0 Å². The van der Waals surface area contributed by atoms with Crippen molar-refractivity contribution in [3.63, 3.8) is 0 Å². The van der Waals surface area contributed by atoms with Gasteiger partial charge in [0.2, 0.25) is 0 Å². The summed E-state index contributed by atoms with van der Waals surface area (Å²) >= 11 is 0. The number of anilines is 4. The Kier molecular flexibility index (Phi) is 5.11. The Balaban J connectivity index is 1.68. The monoisotopic (exact) mass is 365 g/mol. The molecule has 2 N–H and O–H groups in total. The van der Waals surface area contributed by atoms with Gasteiger partial charge in [-0.25, -0.2) is 4.99 Å². The van der Waals surface area contributed by atoms with Crippen LogP contribution < -0.4 is 10.6 Å². The van der Waals surface area contributed by atoms with Crippen LogP contribution >= 0.6 is 0 Å². The summed E-state index contributed by atoms with van der Waals surface area (Å²) < 4.78 is 0. The van der Waals surface area contributed by atoms with Gasteiger partial charge in [0.15, 0.2) is 5.78 Å². The van der Waals surface area contributed by atoms with E-state index in [0.717, 1.165) is 34.1 Å². The summed E-state index contributed by atoms with van der Waals surface area (Å²) in [4.78, 5) is 16.0. The van der Waals surface area contributed by atoms with Gasteiger partial charge in [0.05, 0.1) is 11.4 Å². The first-order valence-electron chi connectivity index (χ1n) is 9.03. The van der Waals surface area contributed by atoms with Gasteiger partial charge in [-0.05, 0) is 66.8 Å². The summed E-state index contributed by atoms with van der Waals surface area (Å²) in [7, 11) is 0. The van der Waals surface area contributed by atoms with Crippen LogP contribution in [0.15, 0.2) is 108 Å². The van der Waals surface area contributed by atoms with E-state index < -0.39 is 0 Å². The van der Waals surface area contributed by atoms with Gasteiger partial charge in [0.1, 0.15) is 0 Å². The van der Waals surface area contributed by atoms with E-state index in [1.807, 2.05) is 78.9 Å². The van der Waals surface area contributed by atoms with Crippen molar-refractivity contribution >= 4 is 39.9 Å². The van der Waals surface area contributed by atoms with Crippen LogP contribution in [-0.2, 0) is 4.79 Å². The lowest BCUT2D eigenvalue weighted by Gasteiger charge is -2.12. The number of allylic oxidation sites excluding steroid dienone is 4. The maximum Gasteiger partial charge on any atom is 0.178 e. The second-order valence-electron chi connectivity index (χ2n) is 6.36. The lowest BCUT2D eigenvalue weighted by Crippen LogP contribution is -1.99. The number of hydrogen-bond acceptors (Lipinski definition) is 4. The molecule has 0 unspecified atom stereocenters. The quantitative estimate of drug-likeness (QED) is 0.550. The summed E-state index contributed by atoms with van der Waals surface area (Å²) in [6.07, 6.45) is 6.50. The van der Waals surface area contributed by atoms with Crippen LogP contribution in [0.4, 0.5) is 28.4 Å². The Labute approximate surface area is 164 Å². The van der Waals surface area contributed by atoms with E-state index in [-0.39, 0.29) is 5.78 Å². The molecule has 0 saturated carbocycles. The van der Waals surface area contributed by atoms with Crippen LogP contribution in [0.25, 0.3) is 0 Å². The van der Waals surface area contributed by atoms with Gasteiger partial charge in [-0.15, -0.1) is 0 Å². The Morgan fingerprint density at radius 3 is 1.57 bits per heavy atom. The molecule has 4 heteroatoms. The van der Waals surface area contributed by atoms with Crippen molar-refractivity contribution in [3.05, 3.63) is 103 Å². The minimum Gasteiger partial charge on any atom is -0.355 e. The molecule has 0 amide bonds. The summed E-state index contributed by atoms with van der Waals surface area (Å²) in [5.74, 6) is -0.0233. The Morgan fingerprint density at radius 2 is 1.07 bits per heavy atom. The Morgan fingerprint density at radius 1 is 0.571 bits per heavy atom. The van der Waals surface area contributed by atoms with E-state index in [2.05, 4.69) is 15.6 Å². The zero-order valence-electron chi connectivity index (χ0n) is 15.2. The second-order valence-corrected chi connectivity index (χ2v) is 6.36. The normalized spacial score (nSPS) is 12.7. The molecular weight excluding hydrogens is 346 g/mol. The molecule has 0 heterocycles. The molecule has 0 aliphatic heterocycles. The first kappa shape index (κ1) is 17.5. The van der Waals surface area contributed by atoms with E-state index in [1.165, 1.54) is 12.2 Å². The number of carbonyl (C=O) groups excluding carboxylic acids is 1. The largest absolute Gasteiger partial charge is 0.355 e. The van der Waals surface area contributed by atoms with E-state index in [1.54, 1.807) is 12.2 Å². The molecule has 0 radical (unpaired) electrons. The molecule has 0 atom stereocenters. The zero-order chi connectivity index (χ0) is 19.2. The average molecular weight is 365 g/mol. The number of hydrogen-bond donors (Lipinski definition) is 2. The molecule has 1 aliphatic carbocycles. The SMILES string of the molecule is O=C1C=CC(=Nc2cc(Nc3ccccc3)cc(Nc3ccccc3)c2)C=C1. The number of ketones is 1. The van der Waals surface area contributed by atoms with E-state index in [9.17, 15) is 4.79 Å². The van der Waals surface area contributed by atoms with Gasteiger partial charge in [0.25, 0.3) is 0 Å². The Bertz CT molecular complexity index is 990. The highest BCUT2D eigenvalue weighted by atomic mass is 16.1. The molecule has 0 spiro atoms. The number of rotatable bonds is 5. The summed E-state index contributed by atoms with van der Waals surface area (Å²) in [5, 5.41) is 6.83. The number of aliphatic imine (C=N–C) groups is 1. The van der Waals surface area contributed by atoms with Gasteiger partial charge in [-0.1, -0.05) is 36.4 Å². The van der Waals surface area contributed by atoms with Gasteiger partial charge in [0, 0.05) is 22.7 Å². The van der Waals surface area contributed by atoms with Crippen LogP contribution in [0.5, 0.6) is 0 Å². The molecule has 28 heavy (non-hydrogen) atoms. The van der Waals surface area contributed by atoms with Crippen molar-refractivity contribution in [2.75, 3.05) is 10.6 Å². The lowest BCUT2D eigenvalue weighted by molar-refractivity contribution is -0.110. The number of benzene rings is 3. The molecule has 3 aromatic carbocycles. The molecule has 0 bridgehead atoms. The van der Waals surface area contributed by atoms with E-state index in [0.29, 0.717) is 0 Å². The predicted molar refractivity (Wildman–Crippen MR) is 116 cm³/mol. The Hall–Kier alpha value is -3.92. The highest BCUT2D eigenvalue weighted by molar-refractivity contribution is 6.17. The third-order valence-electron chi connectivity index (χ3n) is 4.14. The predicted octanol–water partition coefficient (Wildman–Crippen LogP) is 5.94. The maximum absolute atomic E-state index is 11.3. The van der Waals surface area contributed by atoms with Gasteiger partial charge in [-0.2, -0.15) is 0 Å². The van der Waals surface area contributed by atoms with Crippen molar-refractivity contribution in [3.8, 4) is 0 Å². The minimum atomic E-state index is -0.0233. The van der Waals surface area contributed by atoms with Crippen molar-refractivity contribution in [2.45, 2.75) is 0 Å². The molecular formula is C24H19N3O. The molecule has 4 rings (SSSR count). The second kappa shape index (κ2) is 8.18. The minimum absolute atomic E-state index is 0.0233. The molecule has 0 fully saturated rings. The molecule has 3 aromatic rings. The molecule has 0 aromatic heterocycles. The fourth-order valence-electron chi connectivity index (χ4n) is 2.87. The van der Waals surface area contributed by atoms with Gasteiger partial charge >= 0.3 is 0 Å². The third kappa shape index (κ3) is 4.62. The van der Waals surface area contributed by atoms with Crippen molar-refractivity contribution in [1.29, 1.82) is 0 Å². The van der Waals surface area contributed by atoms with Crippen molar-refractivity contribution in [1.82, 2.24) is 0 Å². The maximum atomic E-state index is 11.3. The van der Waals surface area contributed by atoms with Crippen LogP contribution in [0.3, 0.4) is 0 Å². The van der Waals surface area contributed by atoms with E-state index in [4.69, 9.17) is 0 Å². The fourth-order valence-corrected chi connectivity index (χ4v) is 2.87. The first-order chi connectivity index (χ1) is 13.7. The summed E-state index contributed by atoms with van der Waals surface area (Å²) in [5.41, 5.74) is 5.37. The van der Waals surface area contributed by atoms with Crippen molar-refractivity contribution < 1.29 is 4.79 Å². The highest BCUT2D eigenvalue weighted by Crippen LogP contribution is 2.29. The van der Waals surface area contributed by atoms with Crippen LogP contribution in [0, 0.1) is 0 Å². The zero-order valence-corrected chi connectivity index (χ0v) is 15.2. The first-order valence-corrected chi connectivity index (χ1v) is 9.03. The number of carbonyl (C=O) groups is 1. The average Bonchev–Trinajstić information content (AvgIpc) is 2.71. The molecule has 0 saturated heterocycles. The number of nitrogens with one attached hydrogen (secondary N) is 2. The van der Waals surface area contributed by atoms with Gasteiger partial charge < -0.3 is 10.6 Å². The highest BCUT2D eigenvalue weighted by Gasteiger charge is 2.05. The van der Waals surface area contributed by atoms with Crippen molar-refractivity contribution in [2.24, 2.45) is 4.99 Å². The summed E-state index contributed by atoms with van der Waals surface area (Å²) in [6.45, 7) is 0. The molecule has 1 aliphatic rings. The molecule has 4 nitrogen and oxygen atoms in total. The van der Waals surface area contributed by atoms with Crippen LogP contribution in [-0.4, -0.2) is 11.5 Å². The van der Waals surface area contributed by atoms with Gasteiger partial charge in [-0.3, -0.25) is 4.79 Å². The number of para-hydroxylation sites is 2. The summed E-state index contributed by atoms with van der Waals surface area (Å²) in [6, 6.07) is 26.0.